The first kappa shape index (κ1) is 24.7. The van der Waals surface area contributed by atoms with Gasteiger partial charge in [0, 0.05) is 22.2 Å². The summed E-state index contributed by atoms with van der Waals surface area (Å²) in [6.07, 6.45) is 5.25. The van der Waals surface area contributed by atoms with E-state index in [1.165, 1.54) is 17.2 Å². The summed E-state index contributed by atoms with van der Waals surface area (Å²) in [7, 11) is 0. The van der Waals surface area contributed by atoms with Gasteiger partial charge in [0.05, 0.1) is 13.2 Å². The number of carbonyl (C=O) groups is 3. The highest BCUT2D eigenvalue weighted by molar-refractivity contribution is 14.1. The first-order chi connectivity index (χ1) is 16.3. The molecule has 0 bridgehead atoms. The highest BCUT2D eigenvalue weighted by atomic mass is 127. The van der Waals surface area contributed by atoms with E-state index in [9.17, 15) is 14.4 Å². The van der Waals surface area contributed by atoms with Gasteiger partial charge >= 0.3 is 5.97 Å². The van der Waals surface area contributed by atoms with Gasteiger partial charge < -0.3 is 10.1 Å². The summed E-state index contributed by atoms with van der Waals surface area (Å²) in [4.78, 5) is 41.6. The van der Waals surface area contributed by atoms with Gasteiger partial charge in [-0.1, -0.05) is 54.0 Å². The predicted molar refractivity (Wildman–Crippen MR) is 137 cm³/mol. The van der Waals surface area contributed by atoms with Crippen molar-refractivity contribution in [3.8, 4) is 0 Å². The SMILES string of the molecule is CCOC(=O)c1cc2n(n1)CC(C)(C(=O)NC1CCCCC1)N(c1cc(CI)ccc1C)C2=O. The van der Waals surface area contributed by atoms with E-state index in [0.717, 1.165) is 41.2 Å². The number of anilines is 1. The zero-order valence-electron chi connectivity index (χ0n) is 19.9. The number of halogens is 1. The predicted octanol–water partition coefficient (Wildman–Crippen LogP) is 4.17. The zero-order chi connectivity index (χ0) is 24.5. The van der Waals surface area contributed by atoms with Crippen LogP contribution in [0.15, 0.2) is 24.3 Å². The molecule has 1 aliphatic carbocycles. The second kappa shape index (κ2) is 10.1. The minimum Gasteiger partial charge on any atom is -0.461 e. The van der Waals surface area contributed by atoms with Crippen molar-refractivity contribution in [1.82, 2.24) is 15.1 Å². The number of carbonyl (C=O) groups excluding carboxylic acids is 3. The van der Waals surface area contributed by atoms with Gasteiger partial charge in [-0.2, -0.15) is 5.10 Å². The molecule has 1 fully saturated rings. The summed E-state index contributed by atoms with van der Waals surface area (Å²) in [5.41, 5.74) is 1.79. The molecule has 0 radical (unpaired) electrons. The van der Waals surface area contributed by atoms with Crippen LogP contribution in [0.5, 0.6) is 0 Å². The van der Waals surface area contributed by atoms with Crippen LogP contribution in [-0.4, -0.2) is 45.8 Å². The minimum atomic E-state index is -1.21. The number of ether oxygens (including phenoxy) is 1. The van der Waals surface area contributed by atoms with Gasteiger partial charge in [-0.25, -0.2) is 4.79 Å². The molecule has 2 amide bonds. The van der Waals surface area contributed by atoms with Crippen LogP contribution in [0, 0.1) is 6.92 Å². The number of fused-ring (bicyclic) bond motifs is 1. The number of rotatable bonds is 6. The van der Waals surface area contributed by atoms with Crippen LogP contribution in [0.2, 0.25) is 0 Å². The molecule has 1 aromatic carbocycles. The molecule has 1 atom stereocenters. The van der Waals surface area contributed by atoms with E-state index >= 15 is 0 Å². The number of esters is 1. The highest BCUT2D eigenvalue weighted by Crippen LogP contribution is 2.36. The second-order valence-electron chi connectivity index (χ2n) is 9.27. The number of nitrogens with zero attached hydrogens (tertiary/aromatic N) is 3. The largest absolute Gasteiger partial charge is 0.461 e. The number of aromatic nitrogens is 2. The smallest absolute Gasteiger partial charge is 0.358 e. The minimum absolute atomic E-state index is 0.0693. The summed E-state index contributed by atoms with van der Waals surface area (Å²) in [6.45, 7) is 5.80. The maximum atomic E-state index is 13.9. The van der Waals surface area contributed by atoms with Crippen molar-refractivity contribution >= 4 is 46.1 Å². The van der Waals surface area contributed by atoms with Crippen molar-refractivity contribution in [2.45, 2.75) is 75.4 Å². The van der Waals surface area contributed by atoms with Gasteiger partial charge in [0.2, 0.25) is 5.91 Å². The van der Waals surface area contributed by atoms with Crippen molar-refractivity contribution in [1.29, 1.82) is 0 Å². The summed E-state index contributed by atoms with van der Waals surface area (Å²) in [5, 5.41) is 7.55. The standard InChI is InChI=1S/C25H31IN4O4/c1-4-34-23(32)19-13-21-22(31)30(20-12-17(14-26)11-10-16(20)2)25(3,15-29(21)28-19)24(33)27-18-8-6-5-7-9-18/h10-13,18H,4-9,14-15H2,1-3H3,(H,27,33). The summed E-state index contributed by atoms with van der Waals surface area (Å²) in [6, 6.07) is 7.55. The second-order valence-corrected chi connectivity index (χ2v) is 10.0. The first-order valence-corrected chi connectivity index (χ1v) is 13.4. The normalized spacial score (nSPS) is 20.7. The maximum Gasteiger partial charge on any atom is 0.358 e. The lowest BCUT2D eigenvalue weighted by molar-refractivity contribution is -0.127. The number of amides is 2. The van der Waals surface area contributed by atoms with Gasteiger partial charge in [0.25, 0.3) is 5.91 Å². The lowest BCUT2D eigenvalue weighted by Gasteiger charge is -2.44. The maximum absolute atomic E-state index is 13.9. The van der Waals surface area contributed by atoms with Gasteiger partial charge in [-0.3, -0.25) is 19.2 Å². The van der Waals surface area contributed by atoms with E-state index in [2.05, 4.69) is 33.0 Å². The van der Waals surface area contributed by atoms with Gasteiger partial charge in [-0.15, -0.1) is 0 Å². The van der Waals surface area contributed by atoms with E-state index in [1.54, 1.807) is 18.7 Å². The van der Waals surface area contributed by atoms with Crippen molar-refractivity contribution in [3.05, 3.63) is 46.8 Å². The van der Waals surface area contributed by atoms with Crippen LogP contribution < -0.4 is 10.2 Å². The molecule has 1 aliphatic heterocycles. The van der Waals surface area contributed by atoms with E-state index in [-0.39, 0.29) is 42.4 Å². The topological polar surface area (TPSA) is 93.5 Å². The highest BCUT2D eigenvalue weighted by Gasteiger charge is 2.50. The molecule has 1 aromatic heterocycles. The van der Waals surface area contributed by atoms with Gasteiger partial charge in [0.15, 0.2) is 5.69 Å². The number of nitrogens with one attached hydrogen (secondary N) is 1. The average molecular weight is 578 g/mol. The molecule has 2 heterocycles. The fourth-order valence-electron chi connectivity index (χ4n) is 4.83. The molecule has 2 aliphatic rings. The summed E-state index contributed by atoms with van der Waals surface area (Å²) in [5.74, 6) is -1.14. The molecule has 2 aromatic rings. The Bertz CT molecular complexity index is 1110. The average Bonchev–Trinajstić information content (AvgIpc) is 3.25. The molecule has 1 unspecified atom stereocenters. The lowest BCUT2D eigenvalue weighted by atomic mass is 9.90. The van der Waals surface area contributed by atoms with Crippen molar-refractivity contribution in [2.24, 2.45) is 0 Å². The molecular formula is C25H31IN4O4. The number of benzene rings is 1. The van der Waals surface area contributed by atoms with Gasteiger partial charge in [-0.05, 0) is 50.8 Å². The number of hydrogen-bond donors (Lipinski definition) is 1. The fourth-order valence-corrected chi connectivity index (χ4v) is 5.31. The van der Waals surface area contributed by atoms with Crippen LogP contribution in [-0.2, 0) is 20.5 Å². The molecule has 0 saturated heterocycles. The number of hydrogen-bond acceptors (Lipinski definition) is 5. The number of aryl methyl sites for hydroxylation is 1. The van der Waals surface area contributed by atoms with Crippen LogP contribution in [0.3, 0.4) is 0 Å². The Kier molecular flexibility index (Phi) is 7.30. The van der Waals surface area contributed by atoms with Crippen LogP contribution in [0.25, 0.3) is 0 Å². The molecule has 8 nitrogen and oxygen atoms in total. The molecule has 0 spiro atoms. The Morgan fingerprint density at radius 1 is 1.24 bits per heavy atom. The Morgan fingerprint density at radius 2 is 1.97 bits per heavy atom. The van der Waals surface area contributed by atoms with E-state index in [4.69, 9.17) is 4.74 Å². The Balaban J connectivity index is 1.79. The Labute approximate surface area is 213 Å². The molecule has 9 heteroatoms. The summed E-state index contributed by atoms with van der Waals surface area (Å²) < 4.78 is 7.34. The first-order valence-electron chi connectivity index (χ1n) is 11.8. The Morgan fingerprint density at radius 3 is 2.65 bits per heavy atom. The van der Waals surface area contributed by atoms with E-state index in [1.807, 2.05) is 25.1 Å². The van der Waals surface area contributed by atoms with Crippen LogP contribution >= 0.6 is 22.6 Å². The van der Waals surface area contributed by atoms with Crippen LogP contribution in [0.4, 0.5) is 5.69 Å². The Hall–Kier alpha value is -2.43. The van der Waals surface area contributed by atoms with Crippen molar-refractivity contribution in [2.75, 3.05) is 11.5 Å². The molecule has 34 heavy (non-hydrogen) atoms. The quantitative estimate of drug-likeness (QED) is 0.316. The molecule has 4 rings (SSSR count). The fraction of sp³-hybridized carbons (Fsp3) is 0.520. The third kappa shape index (κ3) is 4.58. The third-order valence-corrected chi connectivity index (χ3v) is 7.62. The van der Waals surface area contributed by atoms with E-state index in [0.29, 0.717) is 5.69 Å². The molecule has 182 valence electrons. The third-order valence-electron chi connectivity index (χ3n) is 6.74. The molecule has 1 saturated carbocycles. The number of alkyl halides is 1. The molecule has 1 N–H and O–H groups in total. The van der Waals surface area contributed by atoms with Crippen molar-refractivity contribution < 1.29 is 19.1 Å². The molecular weight excluding hydrogens is 547 g/mol. The van der Waals surface area contributed by atoms with Gasteiger partial charge in [0.1, 0.15) is 11.2 Å². The van der Waals surface area contributed by atoms with E-state index < -0.39 is 11.5 Å². The van der Waals surface area contributed by atoms with Crippen molar-refractivity contribution in [3.63, 3.8) is 0 Å². The summed E-state index contributed by atoms with van der Waals surface area (Å²) >= 11 is 2.29. The lowest BCUT2D eigenvalue weighted by Crippen LogP contribution is -2.65. The zero-order valence-corrected chi connectivity index (χ0v) is 22.1. The monoisotopic (exact) mass is 578 g/mol. The van der Waals surface area contributed by atoms with Crippen LogP contribution in [0.1, 0.15) is 78.1 Å².